The van der Waals surface area contributed by atoms with Crippen LogP contribution in [0.4, 0.5) is 9.18 Å². The van der Waals surface area contributed by atoms with Crippen LogP contribution in [0, 0.1) is 5.92 Å². The fourth-order valence-electron chi connectivity index (χ4n) is 5.44. The number of hydrogen-bond donors (Lipinski definition) is 4. The minimum atomic E-state index is -4.36. The van der Waals surface area contributed by atoms with Gasteiger partial charge < -0.3 is 30.1 Å². The number of halogens is 1. The van der Waals surface area contributed by atoms with Crippen molar-refractivity contribution < 1.29 is 46.6 Å². The molecule has 4 amide bonds. The lowest BCUT2D eigenvalue weighted by Crippen LogP contribution is -2.60. The van der Waals surface area contributed by atoms with Crippen molar-refractivity contribution in [3.05, 3.63) is 25.3 Å². The SMILES string of the molecule is C=CCC[C@@H](C)O[C@@H](C)[C@H](NC(=O)OC(C)(C)C)C(=O)N1C[C@H](O)C[C@H]1C(=O)N[C@]1(C(=O)NS(=O)(=O)C2(CF)CC2)C[C@H]1C=C. The Balaban J connectivity index is 1.82. The Morgan fingerprint density at radius 3 is 2.33 bits per heavy atom. The molecule has 3 aliphatic rings. The molecule has 0 spiro atoms. The molecule has 45 heavy (non-hydrogen) atoms. The summed E-state index contributed by atoms with van der Waals surface area (Å²) in [6.45, 7) is 14.3. The quantitative estimate of drug-likeness (QED) is 0.190. The van der Waals surface area contributed by atoms with Crippen molar-refractivity contribution in [3.63, 3.8) is 0 Å². The van der Waals surface area contributed by atoms with Gasteiger partial charge in [-0.2, -0.15) is 0 Å². The molecule has 2 saturated carbocycles. The summed E-state index contributed by atoms with van der Waals surface area (Å²) < 4.78 is 50.6. The molecule has 1 saturated heterocycles. The zero-order chi connectivity index (χ0) is 34.0. The van der Waals surface area contributed by atoms with E-state index in [0.29, 0.717) is 12.8 Å². The number of β-amino-alcohol motifs (C(OH)–C–C–N with tert-alkyl or cyclic N) is 1. The van der Waals surface area contributed by atoms with E-state index in [9.17, 15) is 37.1 Å². The number of hydrogen-bond acceptors (Lipinski definition) is 9. The van der Waals surface area contributed by atoms with Gasteiger partial charge in [-0.15, -0.1) is 13.2 Å². The number of nitrogens with one attached hydrogen (secondary N) is 3. The zero-order valence-corrected chi connectivity index (χ0v) is 27.5. The highest BCUT2D eigenvalue weighted by Crippen LogP contribution is 2.47. The molecule has 0 unspecified atom stereocenters. The van der Waals surface area contributed by atoms with Crippen LogP contribution < -0.4 is 15.4 Å². The monoisotopic (exact) mass is 658 g/mol. The number of carbonyl (C=O) groups excluding carboxylic acids is 4. The molecule has 4 N–H and O–H groups in total. The number of aliphatic hydroxyl groups excluding tert-OH is 1. The highest BCUT2D eigenvalue weighted by atomic mass is 32.2. The summed E-state index contributed by atoms with van der Waals surface area (Å²) in [4.78, 5) is 54.8. The smallest absolute Gasteiger partial charge is 0.408 e. The Labute approximate surface area is 264 Å². The molecule has 0 aromatic heterocycles. The van der Waals surface area contributed by atoms with Gasteiger partial charge in [-0.3, -0.25) is 19.1 Å². The van der Waals surface area contributed by atoms with E-state index in [1.807, 2.05) is 4.72 Å². The minimum absolute atomic E-state index is 0.0335. The Bertz CT molecular complexity index is 1280. The predicted molar refractivity (Wildman–Crippen MR) is 163 cm³/mol. The molecule has 254 valence electrons. The number of likely N-dealkylation sites (tertiary alicyclic amines) is 1. The van der Waals surface area contributed by atoms with Crippen LogP contribution in [0.5, 0.6) is 0 Å². The Hall–Kier alpha value is -3.04. The van der Waals surface area contributed by atoms with Gasteiger partial charge in [0.1, 0.15) is 34.6 Å². The lowest BCUT2D eigenvalue weighted by atomic mass is 10.1. The van der Waals surface area contributed by atoms with Crippen LogP contribution in [0.3, 0.4) is 0 Å². The van der Waals surface area contributed by atoms with Crippen molar-refractivity contribution in [1.82, 2.24) is 20.3 Å². The highest BCUT2D eigenvalue weighted by molar-refractivity contribution is 7.91. The average molecular weight is 659 g/mol. The van der Waals surface area contributed by atoms with Gasteiger partial charge in [-0.1, -0.05) is 12.2 Å². The van der Waals surface area contributed by atoms with Crippen LogP contribution in [0.2, 0.25) is 0 Å². The predicted octanol–water partition coefficient (Wildman–Crippen LogP) is 1.61. The molecule has 1 aliphatic heterocycles. The van der Waals surface area contributed by atoms with Gasteiger partial charge in [0.2, 0.25) is 21.8 Å². The van der Waals surface area contributed by atoms with Crippen LogP contribution in [-0.4, -0.2) is 102 Å². The summed E-state index contributed by atoms with van der Waals surface area (Å²) in [5.41, 5.74) is -2.56. The molecule has 1 heterocycles. The van der Waals surface area contributed by atoms with Crippen molar-refractivity contribution in [3.8, 4) is 0 Å². The standard InChI is InChI=1S/C30H47FN4O9S/c1-8-10-11-18(3)43-19(4)23(32-27(40)44-28(5,6)7)25(38)35-16-21(36)14-22(35)24(37)33-30(15-20(30)9-2)26(39)34-45(41,42)29(17-31)12-13-29/h8-9,18-23,36H,1-2,10-17H2,3-7H3,(H,32,40)(H,33,37)(H,34,39)/t18-,19+,20-,21-,22+,23+,30-/m1/s1. The molecule has 0 aromatic carbocycles. The number of nitrogens with zero attached hydrogens (tertiary/aromatic N) is 1. The molecule has 7 atom stereocenters. The number of allylic oxidation sites excluding steroid dienone is 1. The summed E-state index contributed by atoms with van der Waals surface area (Å²) >= 11 is 0. The molecule has 0 radical (unpaired) electrons. The fourth-order valence-corrected chi connectivity index (χ4v) is 6.86. The topological polar surface area (TPSA) is 180 Å². The van der Waals surface area contributed by atoms with Crippen molar-refractivity contribution >= 4 is 33.8 Å². The van der Waals surface area contributed by atoms with Gasteiger partial charge in [-0.25, -0.2) is 17.6 Å². The normalized spacial score (nSPS) is 27.4. The average Bonchev–Trinajstić information content (AvgIpc) is 3.84. The van der Waals surface area contributed by atoms with Crippen LogP contribution in [-0.2, 0) is 33.9 Å². The highest BCUT2D eigenvalue weighted by Gasteiger charge is 2.63. The lowest BCUT2D eigenvalue weighted by Gasteiger charge is -2.33. The second-order valence-corrected chi connectivity index (χ2v) is 15.4. The molecule has 3 rings (SSSR count). The number of carbonyl (C=O) groups is 4. The van der Waals surface area contributed by atoms with Gasteiger partial charge in [0.15, 0.2) is 0 Å². The summed E-state index contributed by atoms with van der Waals surface area (Å²) in [5, 5.41) is 15.7. The van der Waals surface area contributed by atoms with Crippen LogP contribution in [0.25, 0.3) is 0 Å². The van der Waals surface area contributed by atoms with Gasteiger partial charge in [0.25, 0.3) is 5.91 Å². The van der Waals surface area contributed by atoms with Crippen molar-refractivity contribution in [2.24, 2.45) is 5.92 Å². The van der Waals surface area contributed by atoms with E-state index in [-0.39, 0.29) is 38.3 Å². The molecule has 13 nitrogen and oxygen atoms in total. The number of alkyl carbamates (subject to hydrolysis) is 1. The van der Waals surface area contributed by atoms with E-state index >= 15 is 0 Å². The van der Waals surface area contributed by atoms with Crippen LogP contribution >= 0.6 is 0 Å². The van der Waals surface area contributed by atoms with Crippen molar-refractivity contribution in [1.29, 1.82) is 0 Å². The first kappa shape index (κ1) is 36.4. The van der Waals surface area contributed by atoms with E-state index in [0.717, 1.165) is 4.90 Å². The van der Waals surface area contributed by atoms with Gasteiger partial charge in [0, 0.05) is 18.9 Å². The number of aliphatic hydroxyl groups is 1. The van der Waals surface area contributed by atoms with Crippen molar-refractivity contribution in [2.45, 2.75) is 119 Å². The largest absolute Gasteiger partial charge is 0.444 e. The fraction of sp³-hybridized carbons (Fsp3) is 0.733. The molecule has 15 heteroatoms. The molecular formula is C30H47FN4O9S. The van der Waals surface area contributed by atoms with E-state index in [1.165, 1.54) is 6.08 Å². The Kier molecular flexibility index (Phi) is 11.1. The van der Waals surface area contributed by atoms with E-state index in [1.54, 1.807) is 40.7 Å². The second-order valence-electron chi connectivity index (χ2n) is 13.3. The Morgan fingerprint density at radius 2 is 1.82 bits per heavy atom. The summed E-state index contributed by atoms with van der Waals surface area (Å²) in [6, 6.07) is -2.58. The number of rotatable bonds is 15. The minimum Gasteiger partial charge on any atom is -0.444 e. The molecular weight excluding hydrogens is 611 g/mol. The maximum absolute atomic E-state index is 14.0. The summed E-state index contributed by atoms with van der Waals surface area (Å²) in [5.74, 6) is -3.19. The zero-order valence-electron chi connectivity index (χ0n) is 26.6. The van der Waals surface area contributed by atoms with Gasteiger partial charge in [0.05, 0.1) is 18.3 Å². The van der Waals surface area contributed by atoms with Crippen LogP contribution in [0.1, 0.15) is 73.1 Å². The molecule has 3 fully saturated rings. The summed E-state index contributed by atoms with van der Waals surface area (Å²) in [6.07, 6.45) is 1.19. The van der Waals surface area contributed by atoms with E-state index in [4.69, 9.17) is 9.47 Å². The first-order valence-electron chi connectivity index (χ1n) is 15.2. The van der Waals surface area contributed by atoms with Crippen molar-refractivity contribution in [2.75, 3.05) is 13.2 Å². The van der Waals surface area contributed by atoms with E-state index in [2.05, 4.69) is 23.8 Å². The third-order valence-electron chi connectivity index (χ3n) is 8.40. The number of alkyl halides is 1. The number of sulfonamides is 1. The Morgan fingerprint density at radius 1 is 1.18 bits per heavy atom. The maximum atomic E-state index is 14.0. The maximum Gasteiger partial charge on any atom is 0.408 e. The number of amides is 4. The van der Waals surface area contributed by atoms with Gasteiger partial charge in [-0.05, 0) is 66.7 Å². The molecule has 2 aliphatic carbocycles. The van der Waals surface area contributed by atoms with Gasteiger partial charge >= 0.3 is 6.09 Å². The third-order valence-corrected chi connectivity index (χ3v) is 10.5. The first-order chi connectivity index (χ1) is 20.8. The molecule has 0 aromatic rings. The van der Waals surface area contributed by atoms with Crippen LogP contribution in [0.15, 0.2) is 25.3 Å². The lowest BCUT2D eigenvalue weighted by molar-refractivity contribution is -0.144. The molecule has 0 bridgehead atoms. The second kappa shape index (κ2) is 13.8. The third kappa shape index (κ3) is 8.41. The number of ether oxygens (including phenoxy) is 2. The summed E-state index contributed by atoms with van der Waals surface area (Å²) in [7, 11) is -4.36. The first-order valence-corrected chi connectivity index (χ1v) is 16.7. The van der Waals surface area contributed by atoms with E-state index < -0.39 is 86.6 Å².